The second-order valence-corrected chi connectivity index (χ2v) is 6.87. The molecule has 0 bridgehead atoms. The van der Waals surface area contributed by atoms with Gasteiger partial charge in [-0.3, -0.25) is 9.78 Å². The fraction of sp³-hybridized carbons (Fsp3) is 0.100. The number of carbonyl (C=O) groups is 1. The second kappa shape index (κ2) is 8.32. The average Bonchev–Trinajstić information content (AvgIpc) is 3.13. The Bertz CT molecular complexity index is 1160. The van der Waals surface area contributed by atoms with Crippen LogP contribution in [0.4, 0.5) is 5.82 Å². The zero-order valence-corrected chi connectivity index (χ0v) is 16.5. The van der Waals surface area contributed by atoms with Crippen molar-refractivity contribution < 1.29 is 4.79 Å². The summed E-state index contributed by atoms with van der Waals surface area (Å²) < 4.78 is 1.75. The first-order chi connectivity index (χ1) is 14.1. The number of hydrogen-bond acceptors (Lipinski definition) is 5. The third-order valence-electron chi connectivity index (χ3n) is 4.41. The van der Waals surface area contributed by atoms with Crippen LogP contribution in [0.5, 0.6) is 0 Å². The molecular weight excluding hydrogens is 387 g/mol. The number of anilines is 1. The molecule has 2 N–H and O–H groups in total. The molecule has 4 rings (SSSR count). The van der Waals surface area contributed by atoms with Gasteiger partial charge in [0.1, 0.15) is 19.4 Å². The summed E-state index contributed by atoms with van der Waals surface area (Å²) in [6.07, 6.45) is 3.36. The molecule has 0 saturated heterocycles. The van der Waals surface area contributed by atoms with Crippen molar-refractivity contribution in [1.29, 1.82) is 0 Å². The molecule has 9 heteroatoms. The third-order valence-corrected chi connectivity index (χ3v) is 4.74. The number of rotatable bonds is 6. The van der Waals surface area contributed by atoms with Crippen LogP contribution in [-0.2, 0) is 0 Å². The summed E-state index contributed by atoms with van der Waals surface area (Å²) in [7, 11) is 1.96. The Balaban J connectivity index is 1.52. The van der Waals surface area contributed by atoms with Crippen LogP contribution in [0.15, 0.2) is 60.9 Å². The van der Waals surface area contributed by atoms with Crippen LogP contribution in [0.1, 0.15) is 10.5 Å². The predicted molar refractivity (Wildman–Crippen MR) is 117 cm³/mol. The first-order valence-corrected chi connectivity index (χ1v) is 9.54. The van der Waals surface area contributed by atoms with Gasteiger partial charge in [0, 0.05) is 42.1 Å². The van der Waals surface area contributed by atoms with Gasteiger partial charge in [-0.05, 0) is 23.7 Å². The van der Waals surface area contributed by atoms with Crippen LogP contribution in [0.25, 0.3) is 16.9 Å². The van der Waals surface area contributed by atoms with E-state index in [9.17, 15) is 4.79 Å². The number of carbonyl (C=O) groups excluding carboxylic acids is 1. The van der Waals surface area contributed by atoms with Crippen molar-refractivity contribution >= 4 is 42.3 Å². The number of aromatic nitrogens is 4. The molecule has 3 heterocycles. The molecule has 4 aromatic rings. The maximum Gasteiger partial charge on any atom is 0.269 e. The van der Waals surface area contributed by atoms with E-state index in [2.05, 4.69) is 20.7 Å². The van der Waals surface area contributed by atoms with Gasteiger partial charge in [-0.1, -0.05) is 35.9 Å². The molecule has 0 fully saturated rings. The lowest BCUT2D eigenvalue weighted by Crippen LogP contribution is -2.29. The maximum absolute atomic E-state index is 12.1. The number of nitrogens with one attached hydrogen (secondary N) is 2. The van der Waals surface area contributed by atoms with Gasteiger partial charge >= 0.3 is 0 Å². The minimum absolute atomic E-state index is 0.209. The summed E-state index contributed by atoms with van der Waals surface area (Å²) in [5.41, 5.74) is 3.71. The minimum atomic E-state index is -0.209. The van der Waals surface area contributed by atoms with Crippen molar-refractivity contribution in [2.75, 3.05) is 18.4 Å². The quantitative estimate of drug-likeness (QED) is 0.376. The molecule has 144 valence electrons. The van der Waals surface area contributed by atoms with E-state index in [0.717, 1.165) is 28.2 Å². The van der Waals surface area contributed by atoms with Gasteiger partial charge in [0.25, 0.3) is 5.91 Å². The average molecular weight is 405 g/mol. The van der Waals surface area contributed by atoms with Gasteiger partial charge in [0.15, 0.2) is 5.65 Å². The lowest BCUT2D eigenvalue weighted by atomic mass is 10.0. The summed E-state index contributed by atoms with van der Waals surface area (Å²) in [6, 6.07) is 14.7. The molecule has 3 aromatic heterocycles. The van der Waals surface area contributed by atoms with Gasteiger partial charge in [-0.15, -0.1) is 0 Å². The third kappa shape index (κ3) is 4.07. The number of nitrogens with zero attached hydrogens (tertiary/aromatic N) is 4. The fourth-order valence-corrected chi connectivity index (χ4v) is 3.19. The van der Waals surface area contributed by atoms with Gasteiger partial charge < -0.3 is 10.6 Å². The highest BCUT2D eigenvalue weighted by atomic mass is 35.5. The van der Waals surface area contributed by atoms with Crippen LogP contribution in [-0.4, -0.2) is 46.4 Å². The molecule has 29 heavy (non-hydrogen) atoms. The number of benzene rings is 1. The van der Waals surface area contributed by atoms with Crippen LogP contribution >= 0.6 is 11.6 Å². The Morgan fingerprint density at radius 2 is 1.97 bits per heavy atom. The van der Waals surface area contributed by atoms with E-state index < -0.39 is 0 Å². The highest BCUT2D eigenvalue weighted by Gasteiger charge is 2.12. The highest BCUT2D eigenvalue weighted by molar-refractivity contribution is 6.36. The van der Waals surface area contributed by atoms with E-state index in [1.165, 1.54) is 0 Å². The van der Waals surface area contributed by atoms with Crippen LogP contribution in [0.3, 0.4) is 0 Å². The summed E-state index contributed by atoms with van der Waals surface area (Å²) in [5, 5.41) is 11.2. The van der Waals surface area contributed by atoms with E-state index in [0.29, 0.717) is 23.8 Å². The summed E-state index contributed by atoms with van der Waals surface area (Å²) in [6.45, 7) is 0.944. The fourth-order valence-electron chi connectivity index (χ4n) is 2.96. The summed E-state index contributed by atoms with van der Waals surface area (Å²) >= 11 is 6.36. The molecular formula is C20H18BClN6O. The highest BCUT2D eigenvalue weighted by Crippen LogP contribution is 2.28. The van der Waals surface area contributed by atoms with Crippen LogP contribution < -0.4 is 16.1 Å². The Labute approximate surface area is 173 Å². The molecule has 1 aromatic carbocycles. The minimum Gasteiger partial charge on any atom is -0.368 e. The van der Waals surface area contributed by atoms with E-state index in [1.54, 1.807) is 35.1 Å². The number of amides is 1. The van der Waals surface area contributed by atoms with Crippen molar-refractivity contribution in [3.8, 4) is 11.3 Å². The van der Waals surface area contributed by atoms with Gasteiger partial charge in [0.2, 0.25) is 0 Å². The van der Waals surface area contributed by atoms with Crippen molar-refractivity contribution in [1.82, 2.24) is 24.9 Å². The Morgan fingerprint density at radius 1 is 1.14 bits per heavy atom. The Hall–Kier alpha value is -3.39. The molecule has 7 nitrogen and oxygen atoms in total. The number of hydrogen-bond donors (Lipinski definition) is 2. The molecule has 0 atom stereocenters. The van der Waals surface area contributed by atoms with Gasteiger partial charge in [-0.2, -0.15) is 9.61 Å². The Kier molecular flexibility index (Phi) is 5.44. The largest absolute Gasteiger partial charge is 0.368 e. The first-order valence-electron chi connectivity index (χ1n) is 9.17. The summed E-state index contributed by atoms with van der Waals surface area (Å²) in [5.74, 6) is 0.559. The van der Waals surface area contributed by atoms with Crippen molar-refractivity contribution in [2.45, 2.75) is 0 Å². The summed E-state index contributed by atoms with van der Waals surface area (Å²) in [4.78, 5) is 20.9. The van der Waals surface area contributed by atoms with Crippen molar-refractivity contribution in [3.05, 3.63) is 71.6 Å². The zero-order valence-electron chi connectivity index (χ0n) is 15.8. The maximum atomic E-state index is 12.1. The number of halogens is 1. The normalized spacial score (nSPS) is 10.8. The van der Waals surface area contributed by atoms with E-state index >= 15 is 0 Å². The van der Waals surface area contributed by atoms with Gasteiger partial charge in [0.05, 0.1) is 5.69 Å². The smallest absolute Gasteiger partial charge is 0.269 e. The predicted octanol–water partition coefficient (Wildman–Crippen LogP) is 1.55. The lowest BCUT2D eigenvalue weighted by molar-refractivity contribution is 0.0950. The second-order valence-electron chi connectivity index (χ2n) is 6.47. The zero-order chi connectivity index (χ0) is 20.2. The first kappa shape index (κ1) is 19.0. The molecule has 0 aliphatic carbocycles. The monoisotopic (exact) mass is 404 g/mol. The topological polar surface area (TPSA) is 84.2 Å². The molecule has 0 unspecified atom stereocenters. The molecule has 1 amide bonds. The van der Waals surface area contributed by atoms with Gasteiger partial charge in [-0.25, -0.2) is 4.98 Å². The van der Waals surface area contributed by atoms with Crippen molar-refractivity contribution in [2.24, 2.45) is 0 Å². The molecule has 0 aliphatic heterocycles. The lowest BCUT2D eigenvalue weighted by Gasteiger charge is -2.12. The van der Waals surface area contributed by atoms with Crippen LogP contribution in [0.2, 0.25) is 5.02 Å². The van der Waals surface area contributed by atoms with Crippen LogP contribution in [0, 0.1) is 0 Å². The SMILES string of the molecule is Bc1cnn2c(NCCNC(=O)c3ccccn3)cc(-c3ccccc3Cl)nc12. The van der Waals surface area contributed by atoms with E-state index in [-0.39, 0.29) is 5.91 Å². The number of fused-ring (bicyclic) bond motifs is 1. The van der Waals surface area contributed by atoms with E-state index in [1.807, 2.05) is 38.2 Å². The standard InChI is InChI=1S/C20H18BClN6O/c21-14-12-26-28-18(24-9-10-25-20(29)16-7-3-4-8-23-16)11-17(27-19(14)28)13-5-1-2-6-15(13)22/h1-8,11-12,24H,9-10,21H2,(H,25,29). The van der Waals surface area contributed by atoms with E-state index in [4.69, 9.17) is 16.6 Å². The molecule has 0 saturated carbocycles. The van der Waals surface area contributed by atoms with Crippen molar-refractivity contribution in [3.63, 3.8) is 0 Å². The Morgan fingerprint density at radius 3 is 2.76 bits per heavy atom. The molecule has 0 spiro atoms. The molecule has 0 radical (unpaired) electrons. The number of pyridine rings is 1. The molecule has 0 aliphatic rings.